The van der Waals surface area contributed by atoms with Crippen molar-refractivity contribution in [3.05, 3.63) is 46.2 Å². The number of benzene rings is 1. The first-order valence-electron chi connectivity index (χ1n) is 4.18. The van der Waals surface area contributed by atoms with Crippen molar-refractivity contribution in [1.29, 1.82) is 0 Å². The molecular weight excluding hydrogens is 287 g/mol. The summed E-state index contributed by atoms with van der Waals surface area (Å²) in [6, 6.07) is 0.891. The standard InChI is InChI=1S/C10H7BrF3NO/c1-5(11)4-15-10(16)9-7(13)2-6(12)3-8(9)14/h2-3H,1,4H2,(H,15,16). The Hall–Kier alpha value is -1.30. The molecule has 6 heteroatoms. The monoisotopic (exact) mass is 293 g/mol. The summed E-state index contributed by atoms with van der Waals surface area (Å²) < 4.78 is 39.2. The van der Waals surface area contributed by atoms with E-state index >= 15 is 0 Å². The van der Waals surface area contributed by atoms with E-state index in [2.05, 4.69) is 27.8 Å². The van der Waals surface area contributed by atoms with Crippen LogP contribution in [0, 0.1) is 17.5 Å². The molecule has 1 amide bonds. The second-order valence-electron chi connectivity index (χ2n) is 2.94. The van der Waals surface area contributed by atoms with Crippen LogP contribution >= 0.6 is 15.9 Å². The van der Waals surface area contributed by atoms with Crippen molar-refractivity contribution in [2.45, 2.75) is 0 Å². The SMILES string of the molecule is C=C(Br)CNC(=O)c1c(F)cc(F)cc1F. The predicted molar refractivity (Wildman–Crippen MR) is 56.7 cm³/mol. The Morgan fingerprint density at radius 1 is 1.31 bits per heavy atom. The van der Waals surface area contributed by atoms with Gasteiger partial charge in [0.2, 0.25) is 0 Å². The normalized spacial score (nSPS) is 10.0. The molecule has 0 aliphatic rings. The lowest BCUT2D eigenvalue weighted by Gasteiger charge is -2.06. The molecule has 0 heterocycles. The third-order valence-electron chi connectivity index (χ3n) is 1.67. The van der Waals surface area contributed by atoms with Crippen LogP contribution in [0.3, 0.4) is 0 Å². The molecule has 0 saturated heterocycles. The lowest BCUT2D eigenvalue weighted by molar-refractivity contribution is 0.0949. The molecule has 0 aromatic heterocycles. The number of nitrogens with one attached hydrogen (secondary N) is 1. The Morgan fingerprint density at radius 3 is 2.25 bits per heavy atom. The number of hydrogen-bond acceptors (Lipinski definition) is 1. The molecule has 0 atom stereocenters. The smallest absolute Gasteiger partial charge is 0.257 e. The summed E-state index contributed by atoms with van der Waals surface area (Å²) in [4.78, 5) is 11.3. The average Bonchev–Trinajstić information content (AvgIpc) is 2.12. The second kappa shape index (κ2) is 5.16. The van der Waals surface area contributed by atoms with Crippen LogP contribution in [0.2, 0.25) is 0 Å². The molecule has 0 radical (unpaired) electrons. The first kappa shape index (κ1) is 12.8. The van der Waals surface area contributed by atoms with Gasteiger partial charge in [-0.15, -0.1) is 0 Å². The Morgan fingerprint density at radius 2 is 1.81 bits per heavy atom. The predicted octanol–water partition coefficient (Wildman–Crippen LogP) is 2.74. The van der Waals surface area contributed by atoms with Crippen LogP contribution in [0.4, 0.5) is 13.2 Å². The van der Waals surface area contributed by atoms with Crippen molar-refractivity contribution in [3.63, 3.8) is 0 Å². The highest BCUT2D eigenvalue weighted by Gasteiger charge is 2.18. The first-order chi connectivity index (χ1) is 7.41. The Labute approximate surface area is 98.3 Å². The van der Waals surface area contributed by atoms with E-state index in [1.165, 1.54) is 0 Å². The van der Waals surface area contributed by atoms with E-state index in [4.69, 9.17) is 0 Å². The van der Waals surface area contributed by atoms with Crippen molar-refractivity contribution >= 4 is 21.8 Å². The molecule has 0 spiro atoms. The van der Waals surface area contributed by atoms with Gasteiger partial charge < -0.3 is 5.32 Å². The van der Waals surface area contributed by atoms with E-state index in [0.717, 1.165) is 0 Å². The van der Waals surface area contributed by atoms with Crippen LogP contribution in [0.5, 0.6) is 0 Å². The van der Waals surface area contributed by atoms with E-state index in [1.54, 1.807) is 0 Å². The van der Waals surface area contributed by atoms with Crippen LogP contribution in [0.1, 0.15) is 10.4 Å². The van der Waals surface area contributed by atoms with Gasteiger partial charge in [0, 0.05) is 23.2 Å². The Balaban J connectivity index is 2.95. The van der Waals surface area contributed by atoms with Gasteiger partial charge in [-0.2, -0.15) is 0 Å². The highest BCUT2D eigenvalue weighted by atomic mass is 79.9. The van der Waals surface area contributed by atoms with Crippen LogP contribution < -0.4 is 5.32 Å². The molecule has 1 N–H and O–H groups in total. The molecule has 0 fully saturated rings. The van der Waals surface area contributed by atoms with E-state index in [9.17, 15) is 18.0 Å². The summed E-state index contributed by atoms with van der Waals surface area (Å²) in [6.07, 6.45) is 0. The zero-order valence-electron chi connectivity index (χ0n) is 7.99. The highest BCUT2D eigenvalue weighted by Crippen LogP contribution is 2.14. The number of hydrogen-bond donors (Lipinski definition) is 1. The minimum atomic E-state index is -1.24. The lowest BCUT2D eigenvalue weighted by Crippen LogP contribution is -2.26. The third kappa shape index (κ3) is 3.10. The summed E-state index contributed by atoms with van der Waals surface area (Å²) in [5.74, 6) is -4.52. The fourth-order valence-corrected chi connectivity index (χ4v) is 1.16. The molecule has 1 aromatic rings. The molecule has 16 heavy (non-hydrogen) atoms. The van der Waals surface area contributed by atoms with Gasteiger partial charge in [0.15, 0.2) is 0 Å². The minimum Gasteiger partial charge on any atom is -0.347 e. The summed E-state index contributed by atoms with van der Waals surface area (Å²) in [7, 11) is 0. The van der Waals surface area contributed by atoms with E-state index in [0.29, 0.717) is 16.6 Å². The third-order valence-corrected chi connectivity index (χ3v) is 1.96. The van der Waals surface area contributed by atoms with Gasteiger partial charge in [-0.25, -0.2) is 13.2 Å². The van der Waals surface area contributed by atoms with Gasteiger partial charge in [0.1, 0.15) is 23.0 Å². The van der Waals surface area contributed by atoms with Gasteiger partial charge in [-0.3, -0.25) is 4.79 Å². The molecule has 2 nitrogen and oxygen atoms in total. The molecule has 0 aliphatic carbocycles. The molecule has 0 unspecified atom stereocenters. The van der Waals surface area contributed by atoms with Gasteiger partial charge >= 0.3 is 0 Å². The second-order valence-corrected chi connectivity index (χ2v) is 4.07. The van der Waals surface area contributed by atoms with Crippen molar-refractivity contribution in [2.24, 2.45) is 0 Å². The molecule has 86 valence electrons. The van der Waals surface area contributed by atoms with Crippen LogP contribution in [-0.2, 0) is 0 Å². The minimum absolute atomic E-state index is 0.0229. The van der Waals surface area contributed by atoms with Gasteiger partial charge in [-0.05, 0) is 0 Å². The molecule has 0 bridgehead atoms. The maximum absolute atomic E-state index is 13.1. The zero-order valence-corrected chi connectivity index (χ0v) is 9.58. The molecule has 1 rings (SSSR count). The van der Waals surface area contributed by atoms with Crippen LogP contribution in [0.15, 0.2) is 23.2 Å². The zero-order chi connectivity index (χ0) is 12.3. The first-order valence-corrected chi connectivity index (χ1v) is 4.97. The summed E-state index contributed by atoms with van der Waals surface area (Å²) in [5, 5.41) is 2.21. The maximum atomic E-state index is 13.1. The molecule has 1 aromatic carbocycles. The Bertz CT molecular complexity index is 425. The summed E-state index contributed by atoms with van der Waals surface area (Å²) in [5.41, 5.74) is -0.810. The fourth-order valence-electron chi connectivity index (χ4n) is 1.02. The number of carbonyl (C=O) groups excluding carboxylic acids is 1. The van der Waals surface area contributed by atoms with Crippen LogP contribution in [-0.4, -0.2) is 12.5 Å². The summed E-state index contributed by atoms with van der Waals surface area (Å²) >= 11 is 2.97. The Kier molecular flexibility index (Phi) is 4.12. The van der Waals surface area contributed by atoms with E-state index < -0.39 is 28.9 Å². The molecular formula is C10H7BrF3NO. The van der Waals surface area contributed by atoms with Crippen molar-refractivity contribution < 1.29 is 18.0 Å². The summed E-state index contributed by atoms with van der Waals surface area (Å²) in [6.45, 7) is 3.46. The maximum Gasteiger partial charge on any atom is 0.257 e. The fraction of sp³-hybridized carbons (Fsp3) is 0.100. The lowest BCUT2D eigenvalue weighted by atomic mass is 10.2. The quantitative estimate of drug-likeness (QED) is 0.912. The van der Waals surface area contributed by atoms with Gasteiger partial charge in [-0.1, -0.05) is 22.5 Å². The highest BCUT2D eigenvalue weighted by molar-refractivity contribution is 9.11. The number of rotatable bonds is 3. The molecule has 0 aliphatic heterocycles. The van der Waals surface area contributed by atoms with Crippen molar-refractivity contribution in [3.8, 4) is 0 Å². The van der Waals surface area contributed by atoms with Crippen molar-refractivity contribution in [2.75, 3.05) is 6.54 Å². The van der Waals surface area contributed by atoms with E-state index in [-0.39, 0.29) is 6.54 Å². The molecule has 0 saturated carbocycles. The van der Waals surface area contributed by atoms with Gasteiger partial charge in [0.25, 0.3) is 5.91 Å². The number of carbonyl (C=O) groups is 1. The topological polar surface area (TPSA) is 29.1 Å². The average molecular weight is 294 g/mol. The number of amides is 1. The van der Waals surface area contributed by atoms with Crippen LogP contribution in [0.25, 0.3) is 0 Å². The van der Waals surface area contributed by atoms with E-state index in [1.807, 2.05) is 0 Å². The number of halogens is 4. The van der Waals surface area contributed by atoms with Gasteiger partial charge in [0.05, 0.1) is 0 Å². The van der Waals surface area contributed by atoms with Crippen molar-refractivity contribution in [1.82, 2.24) is 5.32 Å². The largest absolute Gasteiger partial charge is 0.347 e.